The lowest BCUT2D eigenvalue weighted by Gasteiger charge is -2.19. The van der Waals surface area contributed by atoms with Gasteiger partial charge in [-0.3, -0.25) is 4.79 Å². The van der Waals surface area contributed by atoms with Crippen LogP contribution in [0.5, 0.6) is 5.75 Å². The van der Waals surface area contributed by atoms with E-state index in [2.05, 4.69) is 29.3 Å². The van der Waals surface area contributed by atoms with E-state index < -0.39 is 0 Å². The molecular weight excluding hydrogens is 300 g/mol. The number of benzene rings is 2. The molecule has 1 N–H and O–H groups in total. The van der Waals surface area contributed by atoms with Crippen LogP contribution in [0.3, 0.4) is 0 Å². The van der Waals surface area contributed by atoms with Crippen molar-refractivity contribution in [2.75, 3.05) is 23.3 Å². The summed E-state index contributed by atoms with van der Waals surface area (Å²) >= 11 is 0. The van der Waals surface area contributed by atoms with Gasteiger partial charge in [0.1, 0.15) is 5.75 Å². The smallest absolute Gasteiger partial charge is 0.243 e. The number of anilines is 2. The first kappa shape index (κ1) is 16.4. The van der Waals surface area contributed by atoms with Crippen LogP contribution in [0.25, 0.3) is 0 Å². The van der Waals surface area contributed by atoms with Crippen molar-refractivity contribution in [3.05, 3.63) is 54.1 Å². The molecule has 2 aromatic rings. The molecule has 0 spiro atoms. The van der Waals surface area contributed by atoms with Gasteiger partial charge in [-0.1, -0.05) is 25.1 Å². The van der Waals surface area contributed by atoms with Gasteiger partial charge in [-0.2, -0.15) is 0 Å². The zero-order chi connectivity index (χ0) is 16.9. The van der Waals surface area contributed by atoms with Crippen molar-refractivity contribution in [1.82, 2.24) is 0 Å². The Morgan fingerprint density at radius 3 is 2.71 bits per heavy atom. The van der Waals surface area contributed by atoms with Crippen LogP contribution >= 0.6 is 0 Å². The van der Waals surface area contributed by atoms with Crippen LogP contribution < -0.4 is 15.0 Å². The normalized spacial score (nSPS) is 14.2. The minimum Gasteiger partial charge on any atom is -0.491 e. The second-order valence-corrected chi connectivity index (χ2v) is 6.21. The molecule has 0 fully saturated rings. The van der Waals surface area contributed by atoms with Crippen LogP contribution in [-0.4, -0.2) is 25.1 Å². The molecule has 4 nitrogen and oxygen atoms in total. The summed E-state index contributed by atoms with van der Waals surface area (Å²) in [5, 5.41) is 2.96. The molecular formula is C20H24N2O2. The lowest BCUT2D eigenvalue weighted by atomic mass is 10.2. The number of hydrogen-bond acceptors (Lipinski definition) is 3. The second-order valence-electron chi connectivity index (χ2n) is 6.21. The van der Waals surface area contributed by atoms with Crippen molar-refractivity contribution in [2.45, 2.75) is 32.8 Å². The SMILES string of the molecule is CCC(C)Oc1ccc(NC(=O)CN2CCc3ccccc32)cc1. The van der Waals surface area contributed by atoms with Crippen molar-refractivity contribution in [1.29, 1.82) is 0 Å². The summed E-state index contributed by atoms with van der Waals surface area (Å²) in [5.74, 6) is 0.832. The Balaban J connectivity index is 1.56. The van der Waals surface area contributed by atoms with E-state index in [1.807, 2.05) is 43.3 Å². The van der Waals surface area contributed by atoms with Crippen molar-refractivity contribution >= 4 is 17.3 Å². The first-order valence-electron chi connectivity index (χ1n) is 8.55. The van der Waals surface area contributed by atoms with Crippen molar-refractivity contribution in [2.24, 2.45) is 0 Å². The van der Waals surface area contributed by atoms with Crippen LogP contribution in [0.1, 0.15) is 25.8 Å². The Kier molecular flexibility index (Phi) is 5.04. The number of nitrogens with zero attached hydrogens (tertiary/aromatic N) is 1. The fraction of sp³-hybridized carbons (Fsp3) is 0.350. The average molecular weight is 324 g/mol. The van der Waals surface area contributed by atoms with E-state index in [1.54, 1.807) is 0 Å². The summed E-state index contributed by atoms with van der Waals surface area (Å²) < 4.78 is 5.75. The third kappa shape index (κ3) is 3.88. The fourth-order valence-electron chi connectivity index (χ4n) is 2.88. The molecule has 0 saturated carbocycles. The van der Waals surface area contributed by atoms with Crippen LogP contribution in [0, 0.1) is 0 Å². The van der Waals surface area contributed by atoms with Gasteiger partial charge in [-0.05, 0) is 55.7 Å². The number of nitrogens with one attached hydrogen (secondary N) is 1. The predicted molar refractivity (Wildman–Crippen MR) is 97.8 cm³/mol. The molecule has 24 heavy (non-hydrogen) atoms. The number of hydrogen-bond donors (Lipinski definition) is 1. The first-order valence-corrected chi connectivity index (χ1v) is 8.55. The van der Waals surface area contributed by atoms with E-state index in [0.29, 0.717) is 6.54 Å². The van der Waals surface area contributed by atoms with Gasteiger partial charge in [0, 0.05) is 17.9 Å². The summed E-state index contributed by atoms with van der Waals surface area (Å²) in [4.78, 5) is 14.4. The molecule has 0 radical (unpaired) electrons. The van der Waals surface area contributed by atoms with Crippen LogP contribution in [-0.2, 0) is 11.2 Å². The van der Waals surface area contributed by atoms with Gasteiger partial charge in [0.2, 0.25) is 5.91 Å². The zero-order valence-electron chi connectivity index (χ0n) is 14.3. The molecule has 2 aromatic carbocycles. The molecule has 0 aliphatic carbocycles. The second kappa shape index (κ2) is 7.39. The minimum atomic E-state index is 0.00213. The fourth-order valence-corrected chi connectivity index (χ4v) is 2.88. The summed E-state index contributed by atoms with van der Waals surface area (Å²) in [6.07, 6.45) is 2.17. The van der Waals surface area contributed by atoms with Gasteiger partial charge in [-0.25, -0.2) is 0 Å². The third-order valence-corrected chi connectivity index (χ3v) is 4.37. The van der Waals surface area contributed by atoms with Crippen LogP contribution in [0.2, 0.25) is 0 Å². The van der Waals surface area contributed by atoms with Gasteiger partial charge in [0.25, 0.3) is 0 Å². The zero-order valence-corrected chi connectivity index (χ0v) is 14.3. The van der Waals surface area contributed by atoms with E-state index in [1.165, 1.54) is 11.3 Å². The lowest BCUT2D eigenvalue weighted by molar-refractivity contribution is -0.115. The Bertz CT molecular complexity index is 697. The van der Waals surface area contributed by atoms with Crippen LogP contribution in [0.4, 0.5) is 11.4 Å². The standard InChI is InChI=1S/C20H24N2O2/c1-3-15(2)24-18-10-8-17(9-11-18)21-20(23)14-22-13-12-16-6-4-5-7-19(16)22/h4-11,15H,3,12-14H2,1-2H3,(H,21,23). The van der Waals surface area contributed by atoms with Gasteiger partial charge in [0.15, 0.2) is 0 Å². The highest BCUT2D eigenvalue weighted by Gasteiger charge is 2.20. The molecule has 1 atom stereocenters. The number of carbonyl (C=O) groups is 1. The quantitative estimate of drug-likeness (QED) is 0.877. The first-order chi connectivity index (χ1) is 11.7. The molecule has 0 aromatic heterocycles. The van der Waals surface area contributed by atoms with Gasteiger partial charge >= 0.3 is 0 Å². The Labute approximate surface area is 143 Å². The Hall–Kier alpha value is -2.49. The number of ether oxygens (including phenoxy) is 1. The van der Waals surface area contributed by atoms with E-state index >= 15 is 0 Å². The van der Waals surface area contributed by atoms with E-state index in [4.69, 9.17) is 4.74 Å². The summed E-state index contributed by atoms with van der Waals surface area (Å²) in [6.45, 7) is 5.41. The Morgan fingerprint density at radius 1 is 1.21 bits per heavy atom. The molecule has 1 heterocycles. The van der Waals surface area contributed by atoms with Gasteiger partial charge in [-0.15, -0.1) is 0 Å². The lowest BCUT2D eigenvalue weighted by Crippen LogP contribution is -2.31. The summed E-state index contributed by atoms with van der Waals surface area (Å²) in [7, 11) is 0. The number of para-hydroxylation sites is 1. The van der Waals surface area contributed by atoms with Crippen LogP contribution in [0.15, 0.2) is 48.5 Å². The highest BCUT2D eigenvalue weighted by Crippen LogP contribution is 2.27. The predicted octanol–water partition coefficient (Wildman–Crippen LogP) is 3.87. The van der Waals surface area contributed by atoms with E-state index in [0.717, 1.165) is 30.8 Å². The summed E-state index contributed by atoms with van der Waals surface area (Å²) in [6, 6.07) is 15.8. The molecule has 126 valence electrons. The maximum atomic E-state index is 12.3. The number of amides is 1. The highest BCUT2D eigenvalue weighted by atomic mass is 16.5. The van der Waals surface area contributed by atoms with Crippen molar-refractivity contribution in [3.8, 4) is 5.75 Å². The largest absolute Gasteiger partial charge is 0.491 e. The monoisotopic (exact) mass is 324 g/mol. The molecule has 1 aliphatic rings. The van der Waals surface area contributed by atoms with Crippen molar-refractivity contribution in [3.63, 3.8) is 0 Å². The molecule has 4 heteroatoms. The molecule has 0 saturated heterocycles. The van der Waals surface area contributed by atoms with E-state index in [9.17, 15) is 4.79 Å². The van der Waals surface area contributed by atoms with Gasteiger partial charge in [0.05, 0.1) is 12.6 Å². The molecule has 1 unspecified atom stereocenters. The maximum Gasteiger partial charge on any atom is 0.243 e. The maximum absolute atomic E-state index is 12.3. The van der Waals surface area contributed by atoms with E-state index in [-0.39, 0.29) is 12.0 Å². The average Bonchev–Trinajstić information content (AvgIpc) is 2.99. The number of rotatable bonds is 6. The van der Waals surface area contributed by atoms with Crippen molar-refractivity contribution < 1.29 is 9.53 Å². The minimum absolute atomic E-state index is 0.00213. The highest BCUT2D eigenvalue weighted by molar-refractivity contribution is 5.94. The Morgan fingerprint density at radius 2 is 1.96 bits per heavy atom. The molecule has 3 rings (SSSR count). The molecule has 0 bridgehead atoms. The van der Waals surface area contributed by atoms with Gasteiger partial charge < -0.3 is 15.0 Å². The molecule has 1 aliphatic heterocycles. The molecule has 1 amide bonds. The number of fused-ring (bicyclic) bond motifs is 1. The topological polar surface area (TPSA) is 41.6 Å². The summed E-state index contributed by atoms with van der Waals surface area (Å²) in [5.41, 5.74) is 3.28. The third-order valence-electron chi connectivity index (χ3n) is 4.37. The number of carbonyl (C=O) groups excluding carboxylic acids is 1.